The van der Waals surface area contributed by atoms with Crippen LogP contribution in [-0.2, 0) is 6.61 Å². The highest BCUT2D eigenvalue weighted by Gasteiger charge is 2.11. The molecule has 0 spiro atoms. The third-order valence-electron chi connectivity index (χ3n) is 2.43. The minimum absolute atomic E-state index is 0.0327. The standard InChI is InChI=1S/C11H11N3O3/c1-8-5-13(7-12-8)11-3-2-10(14(16)17)4-9(11)6-15/h2-5,7,15H,6H2,1H3. The Hall–Kier alpha value is -2.21. The summed E-state index contributed by atoms with van der Waals surface area (Å²) in [5.41, 5.74) is 2.00. The first kappa shape index (κ1) is 11.3. The molecule has 6 nitrogen and oxygen atoms in total. The molecule has 0 fully saturated rings. The normalized spacial score (nSPS) is 10.5. The molecule has 0 saturated heterocycles. The molecule has 0 aliphatic carbocycles. The molecule has 0 bridgehead atoms. The number of nitrogens with zero attached hydrogens (tertiary/aromatic N) is 3. The van der Waals surface area contributed by atoms with Gasteiger partial charge in [-0.3, -0.25) is 10.1 Å². The molecule has 88 valence electrons. The van der Waals surface area contributed by atoms with Crippen LogP contribution in [0.5, 0.6) is 0 Å². The Labute approximate surface area is 97.3 Å². The molecule has 0 radical (unpaired) electrons. The summed E-state index contributed by atoms with van der Waals surface area (Å²) in [5.74, 6) is 0. The number of aliphatic hydroxyl groups is 1. The monoisotopic (exact) mass is 233 g/mol. The molecule has 0 aliphatic heterocycles. The van der Waals surface area contributed by atoms with Gasteiger partial charge in [-0.1, -0.05) is 0 Å². The van der Waals surface area contributed by atoms with Crippen molar-refractivity contribution in [2.24, 2.45) is 0 Å². The Morgan fingerprint density at radius 1 is 1.53 bits per heavy atom. The van der Waals surface area contributed by atoms with E-state index >= 15 is 0 Å². The van der Waals surface area contributed by atoms with Crippen molar-refractivity contribution in [1.82, 2.24) is 9.55 Å². The summed E-state index contributed by atoms with van der Waals surface area (Å²) in [7, 11) is 0. The molecule has 1 aromatic carbocycles. The van der Waals surface area contributed by atoms with E-state index in [-0.39, 0.29) is 12.3 Å². The van der Waals surface area contributed by atoms with Gasteiger partial charge in [-0.25, -0.2) is 4.98 Å². The van der Waals surface area contributed by atoms with E-state index in [0.717, 1.165) is 5.69 Å². The fourth-order valence-corrected chi connectivity index (χ4v) is 1.62. The molecular weight excluding hydrogens is 222 g/mol. The van der Waals surface area contributed by atoms with Crippen molar-refractivity contribution in [3.8, 4) is 5.69 Å². The fraction of sp³-hybridized carbons (Fsp3) is 0.182. The Balaban J connectivity index is 2.51. The molecule has 1 heterocycles. The van der Waals surface area contributed by atoms with Gasteiger partial charge in [-0.15, -0.1) is 0 Å². The number of non-ortho nitro benzene ring substituents is 1. The first-order valence-electron chi connectivity index (χ1n) is 5.01. The topological polar surface area (TPSA) is 81.2 Å². The van der Waals surface area contributed by atoms with Crippen molar-refractivity contribution in [3.63, 3.8) is 0 Å². The lowest BCUT2D eigenvalue weighted by molar-refractivity contribution is -0.384. The van der Waals surface area contributed by atoms with Gasteiger partial charge in [0.05, 0.1) is 29.2 Å². The Kier molecular flexibility index (Phi) is 2.88. The van der Waals surface area contributed by atoms with Crippen LogP contribution in [0.3, 0.4) is 0 Å². The molecule has 17 heavy (non-hydrogen) atoms. The zero-order chi connectivity index (χ0) is 12.4. The average Bonchev–Trinajstić information content (AvgIpc) is 2.74. The van der Waals surface area contributed by atoms with Crippen molar-refractivity contribution in [2.75, 3.05) is 0 Å². The van der Waals surface area contributed by atoms with Crippen LogP contribution in [0.4, 0.5) is 5.69 Å². The summed E-state index contributed by atoms with van der Waals surface area (Å²) < 4.78 is 1.73. The van der Waals surface area contributed by atoms with E-state index in [9.17, 15) is 15.2 Å². The maximum atomic E-state index is 10.6. The van der Waals surface area contributed by atoms with Gasteiger partial charge < -0.3 is 9.67 Å². The number of nitro benzene ring substituents is 1. The minimum Gasteiger partial charge on any atom is -0.392 e. The van der Waals surface area contributed by atoms with E-state index in [1.807, 2.05) is 6.92 Å². The van der Waals surface area contributed by atoms with Crippen LogP contribution in [0.2, 0.25) is 0 Å². The SMILES string of the molecule is Cc1cn(-c2ccc([N+](=O)[O-])cc2CO)cn1. The molecule has 2 aromatic rings. The molecule has 0 atom stereocenters. The average molecular weight is 233 g/mol. The first-order valence-corrected chi connectivity index (χ1v) is 5.01. The van der Waals surface area contributed by atoms with Crippen molar-refractivity contribution < 1.29 is 10.0 Å². The van der Waals surface area contributed by atoms with Crippen LogP contribution in [0.1, 0.15) is 11.3 Å². The lowest BCUT2D eigenvalue weighted by Gasteiger charge is -2.07. The van der Waals surface area contributed by atoms with E-state index in [1.54, 1.807) is 23.2 Å². The summed E-state index contributed by atoms with van der Waals surface area (Å²) in [5, 5.41) is 19.9. The van der Waals surface area contributed by atoms with Crippen LogP contribution < -0.4 is 0 Å². The van der Waals surface area contributed by atoms with Gasteiger partial charge in [0.25, 0.3) is 5.69 Å². The molecule has 6 heteroatoms. The maximum absolute atomic E-state index is 10.6. The summed E-state index contributed by atoms with van der Waals surface area (Å²) in [4.78, 5) is 14.2. The number of hydrogen-bond donors (Lipinski definition) is 1. The second-order valence-electron chi connectivity index (χ2n) is 3.65. The molecule has 0 aliphatic rings. The van der Waals surface area contributed by atoms with E-state index in [0.29, 0.717) is 11.3 Å². The Bertz CT molecular complexity index is 563. The number of hydrogen-bond acceptors (Lipinski definition) is 4. The van der Waals surface area contributed by atoms with Gasteiger partial charge in [-0.2, -0.15) is 0 Å². The van der Waals surface area contributed by atoms with E-state index in [1.165, 1.54) is 12.1 Å². The first-order chi connectivity index (χ1) is 8.11. The predicted molar refractivity (Wildman–Crippen MR) is 60.9 cm³/mol. The van der Waals surface area contributed by atoms with Crippen LogP contribution >= 0.6 is 0 Å². The number of benzene rings is 1. The van der Waals surface area contributed by atoms with Gasteiger partial charge >= 0.3 is 0 Å². The van der Waals surface area contributed by atoms with Gasteiger partial charge in [0.2, 0.25) is 0 Å². The third kappa shape index (κ3) is 2.16. The number of rotatable bonds is 3. The Morgan fingerprint density at radius 2 is 2.29 bits per heavy atom. The largest absolute Gasteiger partial charge is 0.392 e. The highest BCUT2D eigenvalue weighted by Crippen LogP contribution is 2.21. The van der Waals surface area contributed by atoms with Crippen LogP contribution in [0, 0.1) is 17.0 Å². The van der Waals surface area contributed by atoms with Crippen molar-refractivity contribution >= 4 is 5.69 Å². The number of imidazole rings is 1. The van der Waals surface area contributed by atoms with E-state index in [4.69, 9.17) is 0 Å². The third-order valence-corrected chi connectivity index (χ3v) is 2.43. The van der Waals surface area contributed by atoms with Gasteiger partial charge in [0, 0.05) is 23.9 Å². The zero-order valence-electron chi connectivity index (χ0n) is 9.20. The van der Waals surface area contributed by atoms with Crippen LogP contribution in [-0.4, -0.2) is 19.6 Å². The van der Waals surface area contributed by atoms with Crippen molar-refractivity contribution in [3.05, 3.63) is 52.1 Å². The van der Waals surface area contributed by atoms with Crippen molar-refractivity contribution in [2.45, 2.75) is 13.5 Å². The van der Waals surface area contributed by atoms with Gasteiger partial charge in [0.1, 0.15) is 0 Å². The molecule has 0 unspecified atom stereocenters. The highest BCUT2D eigenvalue weighted by molar-refractivity contribution is 5.48. The molecule has 2 rings (SSSR count). The highest BCUT2D eigenvalue weighted by atomic mass is 16.6. The quantitative estimate of drug-likeness (QED) is 0.644. The number of aliphatic hydroxyl groups excluding tert-OH is 1. The fourth-order valence-electron chi connectivity index (χ4n) is 1.62. The maximum Gasteiger partial charge on any atom is 0.269 e. The lowest BCUT2D eigenvalue weighted by atomic mass is 10.1. The van der Waals surface area contributed by atoms with Crippen LogP contribution in [0.15, 0.2) is 30.7 Å². The summed E-state index contributed by atoms with van der Waals surface area (Å²) in [6.45, 7) is 1.59. The lowest BCUT2D eigenvalue weighted by Crippen LogP contribution is -1.99. The summed E-state index contributed by atoms with van der Waals surface area (Å²) in [6, 6.07) is 4.37. The number of nitro groups is 1. The van der Waals surface area contributed by atoms with Crippen LogP contribution in [0.25, 0.3) is 5.69 Å². The van der Waals surface area contributed by atoms with Gasteiger partial charge in [0.15, 0.2) is 0 Å². The molecule has 0 amide bonds. The predicted octanol–water partition coefficient (Wildman–Crippen LogP) is 1.58. The summed E-state index contributed by atoms with van der Waals surface area (Å²) in [6.07, 6.45) is 3.40. The van der Waals surface area contributed by atoms with Gasteiger partial charge in [-0.05, 0) is 13.0 Å². The van der Waals surface area contributed by atoms with E-state index in [2.05, 4.69) is 4.98 Å². The van der Waals surface area contributed by atoms with Crippen molar-refractivity contribution in [1.29, 1.82) is 0 Å². The molecule has 1 aromatic heterocycles. The van der Waals surface area contributed by atoms with E-state index < -0.39 is 4.92 Å². The second kappa shape index (κ2) is 4.34. The molecule has 0 saturated carbocycles. The molecular formula is C11H11N3O3. The number of aryl methyl sites for hydroxylation is 1. The molecule has 1 N–H and O–H groups in total. The zero-order valence-corrected chi connectivity index (χ0v) is 9.20. The minimum atomic E-state index is -0.484. The summed E-state index contributed by atoms with van der Waals surface area (Å²) >= 11 is 0. The number of aromatic nitrogens is 2. The second-order valence-corrected chi connectivity index (χ2v) is 3.65. The smallest absolute Gasteiger partial charge is 0.269 e. The Morgan fingerprint density at radius 3 is 2.82 bits per heavy atom.